The molecule has 3 nitrogen and oxygen atoms in total. The first-order valence-electron chi connectivity index (χ1n) is 6.50. The van der Waals surface area contributed by atoms with Crippen molar-refractivity contribution in [2.24, 2.45) is 0 Å². The first-order valence-corrected chi connectivity index (χ1v) is 7.30. The van der Waals surface area contributed by atoms with Crippen molar-refractivity contribution < 1.29 is 22.3 Å². The van der Waals surface area contributed by atoms with Gasteiger partial charge in [-0.15, -0.1) is 0 Å². The number of imidazole rings is 1. The summed E-state index contributed by atoms with van der Waals surface area (Å²) < 4.78 is 60.0. The first-order chi connectivity index (χ1) is 10.3. The van der Waals surface area contributed by atoms with Gasteiger partial charge in [0.15, 0.2) is 5.69 Å². The highest BCUT2D eigenvalue weighted by molar-refractivity contribution is 9.10. The molecule has 22 heavy (non-hydrogen) atoms. The fourth-order valence-electron chi connectivity index (χ4n) is 2.27. The Bertz CT molecular complexity index is 722. The van der Waals surface area contributed by atoms with Gasteiger partial charge >= 0.3 is 6.18 Å². The predicted octanol–water partition coefficient (Wildman–Crippen LogP) is 4.81. The van der Waals surface area contributed by atoms with Crippen molar-refractivity contribution in [3.05, 3.63) is 34.3 Å². The molecule has 0 saturated heterocycles. The third-order valence-corrected chi connectivity index (χ3v) is 3.88. The highest BCUT2D eigenvalue weighted by Gasteiger charge is 2.38. The van der Waals surface area contributed by atoms with Crippen LogP contribution in [0.25, 0.3) is 11.4 Å². The van der Waals surface area contributed by atoms with Crippen LogP contribution in [0, 0.1) is 5.82 Å². The van der Waals surface area contributed by atoms with Gasteiger partial charge in [0, 0.05) is 16.7 Å². The van der Waals surface area contributed by atoms with Gasteiger partial charge in [0.25, 0.3) is 0 Å². The maximum atomic E-state index is 14.3. The van der Waals surface area contributed by atoms with Gasteiger partial charge in [0.05, 0.1) is 12.7 Å². The fraction of sp³-hybridized carbons (Fsp3) is 0.357. The molecule has 0 unspecified atom stereocenters. The molecular formula is C14H11BrF4N2O. The van der Waals surface area contributed by atoms with Gasteiger partial charge < -0.3 is 9.30 Å². The van der Waals surface area contributed by atoms with Crippen LogP contribution in [0.1, 0.15) is 24.6 Å². The van der Waals surface area contributed by atoms with Gasteiger partial charge in [0.1, 0.15) is 17.4 Å². The van der Waals surface area contributed by atoms with Crippen LogP contribution in [-0.2, 0) is 6.18 Å². The SMILES string of the molecule is COc1cc(Br)cc(F)c1-c1nc(C(F)(F)F)cn1C1CC1. The van der Waals surface area contributed by atoms with Crippen molar-refractivity contribution in [2.75, 3.05) is 7.11 Å². The zero-order valence-corrected chi connectivity index (χ0v) is 13.0. The summed E-state index contributed by atoms with van der Waals surface area (Å²) >= 11 is 3.13. The summed E-state index contributed by atoms with van der Waals surface area (Å²) in [7, 11) is 1.33. The number of hydrogen-bond donors (Lipinski definition) is 0. The summed E-state index contributed by atoms with van der Waals surface area (Å²) in [6.45, 7) is 0. The molecule has 0 amide bonds. The molecule has 1 aliphatic rings. The molecule has 0 atom stereocenters. The molecule has 0 N–H and O–H groups in total. The standard InChI is InChI=1S/C14H11BrF4N2O/c1-22-10-5-7(15)4-9(16)12(10)13-20-11(14(17,18)19)6-21(13)8-2-3-8/h4-6,8H,2-3H2,1H3. The Morgan fingerprint density at radius 1 is 1.32 bits per heavy atom. The summed E-state index contributed by atoms with van der Waals surface area (Å²) in [5.41, 5.74) is -1.09. The molecule has 1 aromatic heterocycles. The van der Waals surface area contributed by atoms with E-state index in [9.17, 15) is 17.6 Å². The van der Waals surface area contributed by atoms with E-state index in [2.05, 4.69) is 20.9 Å². The highest BCUT2D eigenvalue weighted by atomic mass is 79.9. The molecule has 1 saturated carbocycles. The topological polar surface area (TPSA) is 27.1 Å². The molecule has 1 fully saturated rings. The molecule has 1 heterocycles. The quantitative estimate of drug-likeness (QED) is 0.716. The Labute approximate surface area is 132 Å². The van der Waals surface area contributed by atoms with Crippen molar-refractivity contribution in [1.82, 2.24) is 9.55 Å². The zero-order valence-electron chi connectivity index (χ0n) is 11.4. The Morgan fingerprint density at radius 2 is 2.00 bits per heavy atom. The molecule has 118 valence electrons. The molecule has 0 radical (unpaired) electrons. The van der Waals surface area contributed by atoms with E-state index in [0.717, 1.165) is 19.0 Å². The van der Waals surface area contributed by atoms with Crippen LogP contribution in [0.15, 0.2) is 22.8 Å². The van der Waals surface area contributed by atoms with E-state index < -0.39 is 17.7 Å². The third kappa shape index (κ3) is 2.71. The summed E-state index contributed by atoms with van der Waals surface area (Å²) in [5, 5.41) is 0. The lowest BCUT2D eigenvalue weighted by atomic mass is 10.1. The molecule has 1 aromatic carbocycles. The number of aromatic nitrogens is 2. The summed E-state index contributed by atoms with van der Waals surface area (Å²) in [5.74, 6) is -0.614. The van der Waals surface area contributed by atoms with Gasteiger partial charge in [-0.25, -0.2) is 9.37 Å². The maximum absolute atomic E-state index is 14.3. The van der Waals surface area contributed by atoms with Crippen molar-refractivity contribution >= 4 is 15.9 Å². The van der Waals surface area contributed by atoms with Crippen LogP contribution < -0.4 is 4.74 Å². The van der Waals surface area contributed by atoms with Crippen molar-refractivity contribution in [3.8, 4) is 17.1 Å². The van der Waals surface area contributed by atoms with Crippen molar-refractivity contribution in [1.29, 1.82) is 0 Å². The van der Waals surface area contributed by atoms with Crippen molar-refractivity contribution in [3.63, 3.8) is 0 Å². The number of nitrogens with zero attached hydrogens (tertiary/aromatic N) is 2. The minimum Gasteiger partial charge on any atom is -0.496 e. The van der Waals surface area contributed by atoms with E-state index in [0.29, 0.717) is 4.47 Å². The molecule has 0 bridgehead atoms. The number of alkyl halides is 3. The van der Waals surface area contributed by atoms with E-state index in [1.807, 2.05) is 0 Å². The lowest BCUT2D eigenvalue weighted by molar-refractivity contribution is -0.140. The average molecular weight is 379 g/mol. The molecule has 1 aliphatic carbocycles. The predicted molar refractivity (Wildman–Crippen MR) is 75.1 cm³/mol. The van der Waals surface area contributed by atoms with Gasteiger partial charge in [-0.05, 0) is 25.0 Å². The number of ether oxygens (including phenoxy) is 1. The average Bonchev–Trinajstić information content (AvgIpc) is 3.16. The number of halogens is 5. The summed E-state index contributed by atoms with van der Waals surface area (Å²) in [6, 6.07) is 2.60. The van der Waals surface area contributed by atoms with Crippen LogP contribution in [0.4, 0.5) is 17.6 Å². The summed E-state index contributed by atoms with van der Waals surface area (Å²) in [4.78, 5) is 3.61. The minimum absolute atomic E-state index is 0.0586. The highest BCUT2D eigenvalue weighted by Crippen LogP contribution is 2.43. The van der Waals surface area contributed by atoms with E-state index in [4.69, 9.17) is 4.74 Å². The Kier molecular flexibility index (Phi) is 3.66. The second-order valence-corrected chi connectivity index (χ2v) is 5.97. The van der Waals surface area contributed by atoms with Gasteiger partial charge in [-0.3, -0.25) is 0 Å². The normalized spacial score (nSPS) is 15.2. The largest absolute Gasteiger partial charge is 0.496 e. The number of rotatable bonds is 3. The molecular weight excluding hydrogens is 368 g/mol. The van der Waals surface area contributed by atoms with Crippen LogP contribution in [0.3, 0.4) is 0 Å². The van der Waals surface area contributed by atoms with E-state index in [-0.39, 0.29) is 23.2 Å². The van der Waals surface area contributed by atoms with Crippen LogP contribution in [0.2, 0.25) is 0 Å². The number of hydrogen-bond acceptors (Lipinski definition) is 2. The van der Waals surface area contributed by atoms with E-state index in [1.165, 1.54) is 23.8 Å². The lowest BCUT2D eigenvalue weighted by Crippen LogP contribution is -2.05. The third-order valence-electron chi connectivity index (χ3n) is 3.43. The minimum atomic E-state index is -4.58. The molecule has 2 aromatic rings. The zero-order chi connectivity index (χ0) is 16.1. The maximum Gasteiger partial charge on any atom is 0.434 e. The van der Waals surface area contributed by atoms with Crippen LogP contribution >= 0.6 is 15.9 Å². The second kappa shape index (κ2) is 5.26. The molecule has 0 aliphatic heterocycles. The monoisotopic (exact) mass is 378 g/mol. The van der Waals surface area contributed by atoms with Gasteiger partial charge in [-0.1, -0.05) is 15.9 Å². The molecule has 8 heteroatoms. The number of benzene rings is 1. The Balaban J connectivity index is 2.22. The van der Waals surface area contributed by atoms with Gasteiger partial charge in [0.2, 0.25) is 0 Å². The lowest BCUT2D eigenvalue weighted by Gasteiger charge is -2.12. The summed E-state index contributed by atoms with van der Waals surface area (Å²) in [6.07, 6.45) is -2.13. The Morgan fingerprint density at radius 3 is 2.55 bits per heavy atom. The van der Waals surface area contributed by atoms with Gasteiger partial charge in [-0.2, -0.15) is 13.2 Å². The first kappa shape index (κ1) is 15.3. The molecule has 3 rings (SSSR count). The van der Waals surface area contributed by atoms with Crippen LogP contribution in [0.5, 0.6) is 5.75 Å². The molecule has 0 spiro atoms. The fourth-order valence-corrected chi connectivity index (χ4v) is 2.68. The van der Waals surface area contributed by atoms with Crippen LogP contribution in [-0.4, -0.2) is 16.7 Å². The number of methoxy groups -OCH3 is 1. The second-order valence-electron chi connectivity index (χ2n) is 5.05. The van der Waals surface area contributed by atoms with E-state index >= 15 is 0 Å². The van der Waals surface area contributed by atoms with Crippen molar-refractivity contribution in [2.45, 2.75) is 25.1 Å². The smallest absolute Gasteiger partial charge is 0.434 e. The Hall–Kier alpha value is -1.57. The van der Waals surface area contributed by atoms with E-state index in [1.54, 1.807) is 0 Å².